The Morgan fingerprint density at radius 2 is 1.59 bits per heavy atom. The van der Waals surface area contributed by atoms with E-state index in [2.05, 4.69) is 92.3 Å². The maximum atomic E-state index is 3.50. The van der Waals surface area contributed by atoms with E-state index in [1.807, 2.05) is 0 Å². The molecule has 0 aliphatic carbocycles. The van der Waals surface area contributed by atoms with Gasteiger partial charge in [-0.05, 0) is 48.9 Å². The van der Waals surface area contributed by atoms with E-state index in [0.717, 1.165) is 17.6 Å². The lowest BCUT2D eigenvalue weighted by Gasteiger charge is -2.34. The zero-order valence-electron chi connectivity index (χ0n) is 12.2. The summed E-state index contributed by atoms with van der Waals surface area (Å²) in [6, 6.07) is 21.5. The summed E-state index contributed by atoms with van der Waals surface area (Å²) in [6.07, 6.45) is 3.42. The summed E-state index contributed by atoms with van der Waals surface area (Å²) in [5.41, 5.74) is 5.06. The van der Waals surface area contributed by atoms with Crippen molar-refractivity contribution in [2.24, 2.45) is 0 Å². The number of nitrogens with zero attached hydrogens (tertiary/aromatic N) is 2. The predicted octanol–water partition coefficient (Wildman–Crippen LogP) is 5.12. The van der Waals surface area contributed by atoms with Crippen LogP contribution in [0, 0.1) is 0 Å². The topological polar surface area (TPSA) is 8.17 Å². The highest BCUT2D eigenvalue weighted by atomic mass is 79.9. The van der Waals surface area contributed by atoms with Gasteiger partial charge in [-0.2, -0.15) is 0 Å². The molecule has 2 heterocycles. The second-order valence-electron chi connectivity index (χ2n) is 5.60. The highest BCUT2D eigenvalue weighted by Gasteiger charge is 2.19. The molecule has 0 bridgehead atoms. The van der Waals surface area contributed by atoms with Crippen molar-refractivity contribution in [3.8, 4) is 16.9 Å². The molecule has 1 fully saturated rings. The lowest BCUT2D eigenvalue weighted by atomic mass is 10.1. The molecule has 2 aromatic carbocycles. The molecule has 1 aromatic heterocycles. The molecule has 3 aromatic rings. The molecule has 110 valence electrons. The predicted molar refractivity (Wildman–Crippen MR) is 95.7 cm³/mol. The van der Waals surface area contributed by atoms with Crippen LogP contribution in [0.15, 0.2) is 71.3 Å². The van der Waals surface area contributed by atoms with Gasteiger partial charge in [0.25, 0.3) is 0 Å². The fraction of sp³-hybridized carbons (Fsp3) is 0.158. The highest BCUT2D eigenvalue weighted by molar-refractivity contribution is 9.10. The van der Waals surface area contributed by atoms with E-state index in [0.29, 0.717) is 0 Å². The molecule has 0 atom stereocenters. The van der Waals surface area contributed by atoms with Crippen LogP contribution in [-0.4, -0.2) is 17.7 Å². The van der Waals surface area contributed by atoms with Crippen LogP contribution in [0.5, 0.6) is 0 Å². The molecule has 4 rings (SSSR count). The van der Waals surface area contributed by atoms with Gasteiger partial charge < -0.3 is 9.47 Å². The molecule has 0 unspecified atom stereocenters. The summed E-state index contributed by atoms with van der Waals surface area (Å²) in [5.74, 6) is 0. The summed E-state index contributed by atoms with van der Waals surface area (Å²) in [7, 11) is 0. The van der Waals surface area contributed by atoms with Crippen molar-refractivity contribution in [1.82, 2.24) is 4.57 Å². The molecule has 0 amide bonds. The monoisotopic (exact) mass is 352 g/mol. The van der Waals surface area contributed by atoms with Gasteiger partial charge in [0.1, 0.15) is 0 Å². The molecular formula is C19H17BrN2. The van der Waals surface area contributed by atoms with E-state index in [9.17, 15) is 0 Å². The van der Waals surface area contributed by atoms with Crippen molar-refractivity contribution in [1.29, 1.82) is 0 Å². The van der Waals surface area contributed by atoms with Crippen molar-refractivity contribution in [2.75, 3.05) is 18.0 Å². The number of hydrogen-bond donors (Lipinski definition) is 0. The van der Waals surface area contributed by atoms with Gasteiger partial charge in [-0.1, -0.05) is 34.1 Å². The first-order valence-electron chi connectivity index (χ1n) is 7.60. The van der Waals surface area contributed by atoms with Crippen LogP contribution in [0.1, 0.15) is 6.42 Å². The van der Waals surface area contributed by atoms with Crippen molar-refractivity contribution in [3.63, 3.8) is 0 Å². The Hall–Kier alpha value is -2.00. The molecule has 1 aliphatic rings. The maximum Gasteiger partial charge on any atom is 0.0549 e. The average Bonchev–Trinajstić information content (AvgIpc) is 2.96. The van der Waals surface area contributed by atoms with Gasteiger partial charge in [0, 0.05) is 40.7 Å². The summed E-state index contributed by atoms with van der Waals surface area (Å²) < 4.78 is 3.36. The Morgan fingerprint density at radius 1 is 0.818 bits per heavy atom. The van der Waals surface area contributed by atoms with Gasteiger partial charge in [0.15, 0.2) is 0 Å². The molecule has 0 radical (unpaired) electrons. The van der Waals surface area contributed by atoms with E-state index in [1.165, 1.54) is 29.1 Å². The van der Waals surface area contributed by atoms with Crippen LogP contribution in [0.3, 0.4) is 0 Å². The molecule has 1 aliphatic heterocycles. The molecule has 1 saturated heterocycles. The Kier molecular flexibility index (Phi) is 3.51. The molecule has 22 heavy (non-hydrogen) atoms. The Labute approximate surface area is 139 Å². The number of aromatic nitrogens is 1. The second-order valence-corrected chi connectivity index (χ2v) is 6.51. The Bertz CT molecular complexity index is 785. The molecule has 0 spiro atoms. The lowest BCUT2D eigenvalue weighted by Crippen LogP contribution is -2.37. The lowest BCUT2D eigenvalue weighted by molar-refractivity contribution is 0.618. The molecule has 2 nitrogen and oxygen atoms in total. The third-order valence-corrected chi connectivity index (χ3v) is 4.76. The standard InChI is InChI=1S/C19H17BrN2/c20-15-8-10-16(11-9-15)22-14-3-7-19(22)17-5-1-2-6-18(17)21-12-4-13-21/h1-3,5-11,14H,4,12-13H2. The molecule has 0 saturated carbocycles. The fourth-order valence-corrected chi connectivity index (χ4v) is 3.21. The van der Waals surface area contributed by atoms with Gasteiger partial charge in [0.05, 0.1) is 5.69 Å². The number of hydrogen-bond acceptors (Lipinski definition) is 1. The van der Waals surface area contributed by atoms with Crippen molar-refractivity contribution >= 4 is 21.6 Å². The van der Waals surface area contributed by atoms with Crippen LogP contribution < -0.4 is 4.90 Å². The Morgan fingerprint density at radius 3 is 2.32 bits per heavy atom. The molecular weight excluding hydrogens is 336 g/mol. The number of halogens is 1. The maximum absolute atomic E-state index is 3.50. The number of benzene rings is 2. The van der Waals surface area contributed by atoms with Gasteiger partial charge in [-0.15, -0.1) is 0 Å². The zero-order chi connectivity index (χ0) is 14.9. The van der Waals surface area contributed by atoms with Gasteiger partial charge in [0.2, 0.25) is 0 Å². The Balaban J connectivity index is 1.81. The second kappa shape index (κ2) is 5.65. The van der Waals surface area contributed by atoms with Crippen molar-refractivity contribution in [2.45, 2.75) is 6.42 Å². The van der Waals surface area contributed by atoms with Crippen LogP contribution in [0.4, 0.5) is 5.69 Å². The first kappa shape index (κ1) is 13.6. The first-order valence-corrected chi connectivity index (χ1v) is 8.40. The third kappa shape index (κ3) is 2.35. The van der Waals surface area contributed by atoms with Gasteiger partial charge >= 0.3 is 0 Å². The van der Waals surface area contributed by atoms with Crippen LogP contribution in [-0.2, 0) is 0 Å². The third-order valence-electron chi connectivity index (χ3n) is 4.23. The van der Waals surface area contributed by atoms with E-state index in [-0.39, 0.29) is 0 Å². The highest BCUT2D eigenvalue weighted by Crippen LogP contribution is 2.34. The van der Waals surface area contributed by atoms with E-state index in [4.69, 9.17) is 0 Å². The number of rotatable bonds is 3. The fourth-order valence-electron chi connectivity index (χ4n) is 2.95. The van der Waals surface area contributed by atoms with Gasteiger partial charge in [-0.25, -0.2) is 0 Å². The van der Waals surface area contributed by atoms with E-state index in [1.54, 1.807) is 0 Å². The zero-order valence-corrected chi connectivity index (χ0v) is 13.8. The first-order chi connectivity index (χ1) is 10.8. The van der Waals surface area contributed by atoms with Gasteiger partial charge in [-0.3, -0.25) is 0 Å². The minimum Gasteiger partial charge on any atom is -0.371 e. The summed E-state index contributed by atoms with van der Waals surface area (Å²) in [6.45, 7) is 2.33. The number of anilines is 1. The van der Waals surface area contributed by atoms with Crippen LogP contribution in [0.25, 0.3) is 16.9 Å². The van der Waals surface area contributed by atoms with Crippen LogP contribution in [0.2, 0.25) is 0 Å². The summed E-state index contributed by atoms with van der Waals surface area (Å²) in [4.78, 5) is 2.45. The largest absolute Gasteiger partial charge is 0.371 e. The minimum absolute atomic E-state index is 1.10. The normalized spacial score (nSPS) is 14.0. The van der Waals surface area contributed by atoms with E-state index >= 15 is 0 Å². The SMILES string of the molecule is Brc1ccc(-n2cccc2-c2ccccc2N2CCC2)cc1. The van der Waals surface area contributed by atoms with Crippen LogP contribution >= 0.6 is 15.9 Å². The smallest absolute Gasteiger partial charge is 0.0549 e. The molecule has 3 heteroatoms. The van der Waals surface area contributed by atoms with Crippen molar-refractivity contribution in [3.05, 3.63) is 71.3 Å². The summed E-state index contributed by atoms with van der Waals surface area (Å²) in [5, 5.41) is 0. The molecule has 0 N–H and O–H groups in total. The summed E-state index contributed by atoms with van der Waals surface area (Å²) >= 11 is 3.50. The van der Waals surface area contributed by atoms with E-state index < -0.39 is 0 Å². The average molecular weight is 353 g/mol. The quantitative estimate of drug-likeness (QED) is 0.635. The number of para-hydroxylation sites is 1. The minimum atomic E-state index is 1.10. The van der Waals surface area contributed by atoms with Crippen molar-refractivity contribution < 1.29 is 0 Å².